The number of benzene rings is 2. The summed E-state index contributed by atoms with van der Waals surface area (Å²) in [7, 11) is 0. The van der Waals surface area contributed by atoms with E-state index in [1.165, 1.54) is 13.0 Å². The minimum absolute atomic E-state index is 0.0444. The van der Waals surface area contributed by atoms with E-state index in [0.717, 1.165) is 19.8 Å². The molecule has 1 aliphatic rings. The first kappa shape index (κ1) is 24.1. The van der Waals surface area contributed by atoms with Gasteiger partial charge >= 0.3 is 12.1 Å². The molecule has 0 radical (unpaired) electrons. The van der Waals surface area contributed by atoms with Crippen molar-refractivity contribution in [2.75, 3.05) is 6.54 Å². The zero-order valence-electron chi connectivity index (χ0n) is 18.1. The van der Waals surface area contributed by atoms with E-state index < -0.39 is 28.8 Å². The summed E-state index contributed by atoms with van der Waals surface area (Å²) in [5, 5.41) is -0.481. The van der Waals surface area contributed by atoms with Gasteiger partial charge in [0.15, 0.2) is 0 Å². The van der Waals surface area contributed by atoms with Crippen LogP contribution in [0.2, 0.25) is 5.02 Å². The number of alkyl halides is 3. The number of esters is 1. The highest BCUT2D eigenvalue weighted by Gasteiger charge is 2.41. The van der Waals surface area contributed by atoms with Crippen LogP contribution in [-0.4, -0.2) is 23.3 Å². The van der Waals surface area contributed by atoms with Gasteiger partial charge in [0.25, 0.3) is 0 Å². The van der Waals surface area contributed by atoms with Gasteiger partial charge in [0.2, 0.25) is 5.91 Å². The van der Waals surface area contributed by atoms with Crippen LogP contribution in [0.4, 0.5) is 13.2 Å². The Morgan fingerprint density at radius 1 is 1.22 bits per heavy atom. The smallest absolute Gasteiger partial charge is 0.418 e. The fraction of sp³-hybridized carbons (Fsp3) is 0.417. The van der Waals surface area contributed by atoms with Crippen molar-refractivity contribution < 1.29 is 27.5 Å². The number of carbonyl (C=O) groups is 2. The molecule has 3 rings (SSSR count). The van der Waals surface area contributed by atoms with E-state index >= 15 is 0 Å². The largest absolute Gasteiger partial charge is 0.458 e. The number of hydrogen-bond acceptors (Lipinski definition) is 3. The molecule has 2 aromatic carbocycles. The van der Waals surface area contributed by atoms with Crippen LogP contribution < -0.4 is 0 Å². The number of hydrogen-bond donors (Lipinski definition) is 0. The Morgan fingerprint density at radius 2 is 1.84 bits per heavy atom. The van der Waals surface area contributed by atoms with Crippen molar-refractivity contribution in [3.8, 4) is 11.1 Å². The Balaban J connectivity index is 2.29. The minimum Gasteiger partial charge on any atom is -0.458 e. The van der Waals surface area contributed by atoms with E-state index in [4.69, 9.17) is 16.3 Å². The van der Waals surface area contributed by atoms with Gasteiger partial charge in [-0.25, -0.2) is 0 Å². The SMILES string of the molecule is CCN(Cc1c(-c2ccccc2)cc(Cl)c(C(F)(F)F)c1C(C)OC(C)=O)C(=O)C1CC1. The van der Waals surface area contributed by atoms with Gasteiger partial charge in [-0.15, -0.1) is 0 Å². The quantitative estimate of drug-likeness (QED) is 0.442. The first-order valence-corrected chi connectivity index (χ1v) is 10.9. The third-order valence-electron chi connectivity index (χ3n) is 5.52. The van der Waals surface area contributed by atoms with Crippen LogP contribution in [0.5, 0.6) is 0 Å². The predicted molar refractivity (Wildman–Crippen MR) is 116 cm³/mol. The lowest BCUT2D eigenvalue weighted by molar-refractivity contribution is -0.149. The maximum atomic E-state index is 14.1. The summed E-state index contributed by atoms with van der Waals surface area (Å²) in [6.45, 7) is 4.62. The van der Waals surface area contributed by atoms with Crippen LogP contribution >= 0.6 is 11.6 Å². The molecule has 2 aromatic rings. The summed E-state index contributed by atoms with van der Waals surface area (Å²) in [5.41, 5.74) is 0.139. The van der Waals surface area contributed by atoms with Crippen molar-refractivity contribution >= 4 is 23.5 Å². The second-order valence-electron chi connectivity index (χ2n) is 7.92. The summed E-state index contributed by atoms with van der Waals surface area (Å²) in [6.07, 6.45) is -4.42. The van der Waals surface area contributed by atoms with Crippen LogP contribution in [0.3, 0.4) is 0 Å². The van der Waals surface area contributed by atoms with Gasteiger partial charge in [-0.3, -0.25) is 9.59 Å². The van der Waals surface area contributed by atoms with Gasteiger partial charge in [0.1, 0.15) is 6.10 Å². The molecule has 0 aliphatic heterocycles. The first-order chi connectivity index (χ1) is 15.0. The lowest BCUT2D eigenvalue weighted by Crippen LogP contribution is -2.33. The molecule has 0 spiro atoms. The summed E-state index contributed by atoms with van der Waals surface area (Å²) >= 11 is 6.17. The first-order valence-electron chi connectivity index (χ1n) is 10.5. The summed E-state index contributed by atoms with van der Waals surface area (Å²) in [6, 6.07) is 10.2. The molecule has 1 aliphatic carbocycles. The van der Waals surface area contributed by atoms with E-state index in [0.29, 0.717) is 17.7 Å². The average Bonchev–Trinajstić information content (AvgIpc) is 3.56. The van der Waals surface area contributed by atoms with E-state index in [1.54, 1.807) is 42.2 Å². The van der Waals surface area contributed by atoms with Crippen molar-refractivity contribution in [3.63, 3.8) is 0 Å². The van der Waals surface area contributed by atoms with Crippen LogP contribution in [-0.2, 0) is 27.0 Å². The summed E-state index contributed by atoms with van der Waals surface area (Å²) < 4.78 is 47.6. The highest BCUT2D eigenvalue weighted by atomic mass is 35.5. The Kier molecular flexibility index (Phi) is 7.18. The van der Waals surface area contributed by atoms with Gasteiger partial charge in [0, 0.05) is 31.5 Å². The maximum Gasteiger partial charge on any atom is 0.418 e. The summed E-state index contributed by atoms with van der Waals surface area (Å²) in [4.78, 5) is 26.0. The molecular weight excluding hydrogens is 443 g/mol. The number of nitrogens with zero attached hydrogens (tertiary/aromatic N) is 1. The molecule has 1 atom stereocenters. The molecule has 0 N–H and O–H groups in total. The van der Waals surface area contributed by atoms with E-state index in [9.17, 15) is 22.8 Å². The molecule has 0 saturated heterocycles. The molecule has 1 fully saturated rings. The Labute approximate surface area is 190 Å². The molecule has 4 nitrogen and oxygen atoms in total. The highest BCUT2D eigenvalue weighted by Crippen LogP contribution is 2.46. The highest BCUT2D eigenvalue weighted by molar-refractivity contribution is 6.32. The fourth-order valence-corrected chi connectivity index (χ4v) is 4.24. The van der Waals surface area contributed by atoms with E-state index in [1.807, 2.05) is 0 Å². The average molecular weight is 468 g/mol. The molecule has 32 heavy (non-hydrogen) atoms. The standard InChI is InChI=1S/C24H25ClF3NO3/c1-4-29(23(31)17-10-11-17)13-19-18(16-8-6-5-7-9-16)12-20(25)22(24(26,27)28)21(19)14(2)32-15(3)30/h5-9,12,14,17H,4,10-11,13H2,1-3H3. The second-order valence-corrected chi connectivity index (χ2v) is 8.32. The van der Waals surface area contributed by atoms with Crippen molar-refractivity contribution in [1.29, 1.82) is 0 Å². The van der Waals surface area contributed by atoms with Crippen molar-refractivity contribution in [2.45, 2.75) is 52.4 Å². The van der Waals surface area contributed by atoms with Crippen molar-refractivity contribution in [1.82, 2.24) is 4.90 Å². The lowest BCUT2D eigenvalue weighted by atomic mass is 9.88. The number of ether oxygens (including phenoxy) is 1. The molecule has 0 aromatic heterocycles. The third-order valence-corrected chi connectivity index (χ3v) is 5.81. The molecule has 1 amide bonds. The molecule has 0 bridgehead atoms. The van der Waals surface area contributed by atoms with Crippen molar-refractivity contribution in [3.05, 3.63) is 58.1 Å². The van der Waals surface area contributed by atoms with Crippen molar-refractivity contribution in [2.24, 2.45) is 5.92 Å². The topological polar surface area (TPSA) is 46.6 Å². The van der Waals surface area contributed by atoms with Gasteiger partial charge < -0.3 is 9.64 Å². The van der Waals surface area contributed by atoms with Crippen LogP contribution in [0, 0.1) is 5.92 Å². The van der Waals surface area contributed by atoms with Crippen LogP contribution in [0.1, 0.15) is 56.4 Å². The predicted octanol–water partition coefficient (Wildman–Crippen LogP) is 6.41. The number of halogens is 4. The molecule has 0 heterocycles. The monoisotopic (exact) mass is 467 g/mol. The second kappa shape index (κ2) is 9.53. The van der Waals surface area contributed by atoms with Crippen LogP contribution in [0.25, 0.3) is 11.1 Å². The van der Waals surface area contributed by atoms with Gasteiger partial charge in [-0.2, -0.15) is 13.2 Å². The zero-order valence-corrected chi connectivity index (χ0v) is 18.9. The lowest BCUT2D eigenvalue weighted by Gasteiger charge is -2.29. The maximum absolute atomic E-state index is 14.1. The van der Waals surface area contributed by atoms with E-state index in [2.05, 4.69) is 0 Å². The van der Waals surface area contributed by atoms with Crippen LogP contribution in [0.15, 0.2) is 36.4 Å². The number of carbonyl (C=O) groups excluding carboxylic acids is 2. The molecule has 1 saturated carbocycles. The van der Waals surface area contributed by atoms with Gasteiger partial charge in [0.05, 0.1) is 10.6 Å². The fourth-order valence-electron chi connectivity index (χ4n) is 3.93. The van der Waals surface area contributed by atoms with Gasteiger partial charge in [-0.1, -0.05) is 41.9 Å². The molecule has 8 heteroatoms. The Morgan fingerprint density at radius 3 is 2.34 bits per heavy atom. The van der Waals surface area contributed by atoms with E-state index in [-0.39, 0.29) is 29.5 Å². The molecule has 172 valence electrons. The third kappa shape index (κ3) is 5.26. The minimum atomic E-state index is -4.78. The number of rotatable bonds is 7. The molecular formula is C24H25ClF3NO3. The normalized spacial score (nSPS) is 14.7. The number of amides is 1. The van der Waals surface area contributed by atoms with Gasteiger partial charge in [-0.05, 0) is 49.4 Å². The molecule has 1 unspecified atom stereocenters. The summed E-state index contributed by atoms with van der Waals surface area (Å²) in [5.74, 6) is -0.876. The zero-order chi connectivity index (χ0) is 23.6. The Hall–Kier alpha value is -2.54. The Bertz CT molecular complexity index is 1000.